The zero-order valence-electron chi connectivity index (χ0n) is 12.2. The zero-order chi connectivity index (χ0) is 15.9. The molecule has 7 heteroatoms. The number of carbonyl (C=O) groups excluding carboxylic acids is 1. The summed E-state index contributed by atoms with van der Waals surface area (Å²) in [5, 5.41) is 13.6. The minimum Gasteiger partial charge on any atom is -0.482 e. The van der Waals surface area contributed by atoms with Gasteiger partial charge in [0.25, 0.3) is 11.6 Å². The fourth-order valence-corrected chi connectivity index (χ4v) is 2.79. The molecule has 0 bridgehead atoms. The van der Waals surface area contributed by atoms with Gasteiger partial charge in [-0.15, -0.1) is 0 Å². The van der Waals surface area contributed by atoms with E-state index >= 15 is 0 Å². The van der Waals surface area contributed by atoms with Gasteiger partial charge in [-0.05, 0) is 24.8 Å². The molecule has 1 amide bonds. The smallest absolute Gasteiger partial charge is 0.271 e. The standard InChI is InChI=1S/C15H19ClN2O4/c16-13-8-12(18(20)21)6-7-14(13)22-10-15(19)17-9-11-4-2-1-3-5-11/h6-8,11H,1-5,9-10H2,(H,17,19). The fourth-order valence-electron chi connectivity index (χ4n) is 2.56. The molecule has 0 atom stereocenters. The molecule has 120 valence electrons. The summed E-state index contributed by atoms with van der Waals surface area (Å²) in [7, 11) is 0. The van der Waals surface area contributed by atoms with Crippen LogP contribution in [0, 0.1) is 16.0 Å². The van der Waals surface area contributed by atoms with Gasteiger partial charge < -0.3 is 10.1 Å². The first-order valence-electron chi connectivity index (χ1n) is 7.39. The summed E-state index contributed by atoms with van der Waals surface area (Å²) < 4.78 is 5.31. The highest BCUT2D eigenvalue weighted by Gasteiger charge is 2.15. The summed E-state index contributed by atoms with van der Waals surface area (Å²) in [4.78, 5) is 21.8. The summed E-state index contributed by atoms with van der Waals surface area (Å²) in [5.74, 6) is 0.612. The van der Waals surface area contributed by atoms with Crippen LogP contribution in [0.4, 0.5) is 5.69 Å². The number of benzene rings is 1. The Balaban J connectivity index is 1.77. The van der Waals surface area contributed by atoms with Crippen molar-refractivity contribution in [3.63, 3.8) is 0 Å². The maximum Gasteiger partial charge on any atom is 0.271 e. The highest BCUT2D eigenvalue weighted by Crippen LogP contribution is 2.28. The maximum atomic E-state index is 11.8. The second kappa shape index (κ2) is 7.98. The lowest BCUT2D eigenvalue weighted by Crippen LogP contribution is -2.33. The molecule has 1 aromatic carbocycles. The number of ether oxygens (including phenoxy) is 1. The van der Waals surface area contributed by atoms with Crippen molar-refractivity contribution in [3.05, 3.63) is 33.3 Å². The van der Waals surface area contributed by atoms with Crippen molar-refractivity contribution in [3.8, 4) is 5.75 Å². The van der Waals surface area contributed by atoms with Crippen LogP contribution in [0.15, 0.2) is 18.2 Å². The highest BCUT2D eigenvalue weighted by atomic mass is 35.5. The molecule has 0 spiro atoms. The van der Waals surface area contributed by atoms with Gasteiger partial charge in [0.2, 0.25) is 0 Å². The largest absolute Gasteiger partial charge is 0.482 e. The summed E-state index contributed by atoms with van der Waals surface area (Å²) >= 11 is 5.89. The number of nitro groups is 1. The van der Waals surface area contributed by atoms with Crippen LogP contribution in [0.1, 0.15) is 32.1 Å². The number of amides is 1. The number of halogens is 1. The molecule has 6 nitrogen and oxygen atoms in total. The number of nitrogens with zero attached hydrogens (tertiary/aromatic N) is 1. The Bertz CT molecular complexity index is 544. The SMILES string of the molecule is O=C(COc1ccc([N+](=O)[O-])cc1Cl)NCC1CCCCC1. The zero-order valence-corrected chi connectivity index (χ0v) is 13.0. The first-order chi connectivity index (χ1) is 10.6. The molecular weight excluding hydrogens is 308 g/mol. The molecule has 0 unspecified atom stereocenters. The monoisotopic (exact) mass is 326 g/mol. The predicted molar refractivity (Wildman–Crippen MR) is 83.2 cm³/mol. The Morgan fingerprint density at radius 2 is 2.09 bits per heavy atom. The summed E-state index contributed by atoms with van der Waals surface area (Å²) in [6, 6.07) is 3.90. The van der Waals surface area contributed by atoms with Gasteiger partial charge in [-0.25, -0.2) is 0 Å². The molecule has 0 aromatic heterocycles. The Labute approximate surface area is 133 Å². The molecule has 1 aromatic rings. The number of nitrogens with one attached hydrogen (secondary N) is 1. The molecule has 1 aliphatic rings. The van der Waals surface area contributed by atoms with E-state index in [2.05, 4.69) is 5.32 Å². The lowest BCUT2D eigenvalue weighted by molar-refractivity contribution is -0.384. The van der Waals surface area contributed by atoms with E-state index in [4.69, 9.17) is 16.3 Å². The van der Waals surface area contributed by atoms with Crippen LogP contribution in [0.3, 0.4) is 0 Å². The lowest BCUT2D eigenvalue weighted by Gasteiger charge is -2.21. The maximum absolute atomic E-state index is 11.8. The molecule has 1 saturated carbocycles. The van der Waals surface area contributed by atoms with E-state index in [1.807, 2.05) is 0 Å². The van der Waals surface area contributed by atoms with Gasteiger partial charge in [0.1, 0.15) is 5.75 Å². The molecular formula is C15H19ClN2O4. The van der Waals surface area contributed by atoms with Crippen LogP contribution in [0.2, 0.25) is 5.02 Å². The predicted octanol–water partition coefficient (Wildman–Crippen LogP) is 3.32. The third kappa shape index (κ3) is 4.87. The van der Waals surface area contributed by atoms with Gasteiger partial charge in [-0.1, -0.05) is 30.9 Å². The highest BCUT2D eigenvalue weighted by molar-refractivity contribution is 6.32. The fraction of sp³-hybridized carbons (Fsp3) is 0.533. The number of nitro benzene ring substituents is 1. The molecule has 22 heavy (non-hydrogen) atoms. The topological polar surface area (TPSA) is 81.5 Å². The van der Waals surface area contributed by atoms with E-state index < -0.39 is 4.92 Å². The summed E-state index contributed by atoms with van der Waals surface area (Å²) in [6.45, 7) is 0.528. The van der Waals surface area contributed by atoms with Gasteiger partial charge in [0, 0.05) is 18.7 Å². The minimum atomic E-state index is -0.535. The minimum absolute atomic E-state index is 0.112. The van der Waals surface area contributed by atoms with E-state index in [1.165, 1.54) is 37.5 Å². The van der Waals surface area contributed by atoms with Crippen LogP contribution in [0.25, 0.3) is 0 Å². The van der Waals surface area contributed by atoms with Crippen molar-refractivity contribution in [1.82, 2.24) is 5.32 Å². The molecule has 0 heterocycles. The van der Waals surface area contributed by atoms with Crippen LogP contribution in [-0.2, 0) is 4.79 Å². The number of hydrogen-bond donors (Lipinski definition) is 1. The van der Waals surface area contributed by atoms with Crippen molar-refractivity contribution in [2.75, 3.05) is 13.2 Å². The van der Waals surface area contributed by atoms with E-state index in [0.717, 1.165) is 12.8 Å². The molecule has 0 radical (unpaired) electrons. The number of non-ortho nitro benzene ring substituents is 1. The number of rotatable bonds is 6. The first-order valence-corrected chi connectivity index (χ1v) is 7.77. The van der Waals surface area contributed by atoms with Crippen LogP contribution in [0.5, 0.6) is 5.75 Å². The van der Waals surface area contributed by atoms with E-state index in [9.17, 15) is 14.9 Å². The van der Waals surface area contributed by atoms with Crippen LogP contribution in [-0.4, -0.2) is 24.0 Å². The van der Waals surface area contributed by atoms with Crippen molar-refractivity contribution in [1.29, 1.82) is 0 Å². The third-order valence-corrected chi connectivity index (χ3v) is 4.09. The first kappa shape index (κ1) is 16.5. The average Bonchev–Trinajstić information content (AvgIpc) is 2.52. The molecule has 1 N–H and O–H groups in total. The number of hydrogen-bond acceptors (Lipinski definition) is 4. The number of carbonyl (C=O) groups is 1. The van der Waals surface area contributed by atoms with E-state index in [0.29, 0.717) is 12.5 Å². The molecule has 0 saturated heterocycles. The summed E-state index contributed by atoms with van der Waals surface area (Å²) in [6.07, 6.45) is 6.07. The Morgan fingerprint density at radius 3 is 2.73 bits per heavy atom. The molecule has 2 rings (SSSR count). The Hall–Kier alpha value is -1.82. The second-order valence-corrected chi connectivity index (χ2v) is 5.88. The van der Waals surface area contributed by atoms with Crippen LogP contribution < -0.4 is 10.1 Å². The molecule has 1 aliphatic carbocycles. The third-order valence-electron chi connectivity index (χ3n) is 3.80. The molecule has 0 aliphatic heterocycles. The van der Waals surface area contributed by atoms with Crippen molar-refractivity contribution in [2.45, 2.75) is 32.1 Å². The van der Waals surface area contributed by atoms with Crippen molar-refractivity contribution >= 4 is 23.2 Å². The normalized spacial score (nSPS) is 15.3. The van der Waals surface area contributed by atoms with Crippen LogP contribution >= 0.6 is 11.6 Å². The molecule has 1 fully saturated rings. The van der Waals surface area contributed by atoms with Gasteiger partial charge in [-0.2, -0.15) is 0 Å². The van der Waals surface area contributed by atoms with Gasteiger partial charge in [-0.3, -0.25) is 14.9 Å². The van der Waals surface area contributed by atoms with Gasteiger partial charge in [0.15, 0.2) is 6.61 Å². The second-order valence-electron chi connectivity index (χ2n) is 5.47. The lowest BCUT2D eigenvalue weighted by atomic mass is 9.89. The van der Waals surface area contributed by atoms with E-state index in [-0.39, 0.29) is 29.0 Å². The van der Waals surface area contributed by atoms with Crippen molar-refractivity contribution in [2.24, 2.45) is 5.92 Å². The van der Waals surface area contributed by atoms with E-state index in [1.54, 1.807) is 0 Å². The van der Waals surface area contributed by atoms with Gasteiger partial charge >= 0.3 is 0 Å². The Kier molecular flexibility index (Phi) is 6.00. The Morgan fingerprint density at radius 1 is 1.36 bits per heavy atom. The van der Waals surface area contributed by atoms with Crippen molar-refractivity contribution < 1.29 is 14.5 Å². The quantitative estimate of drug-likeness (QED) is 0.642. The van der Waals surface area contributed by atoms with Gasteiger partial charge in [0.05, 0.1) is 9.95 Å². The summed E-state index contributed by atoms with van der Waals surface area (Å²) in [5.41, 5.74) is -0.112. The average molecular weight is 327 g/mol.